The molecule has 0 saturated heterocycles. The van der Waals surface area contributed by atoms with Gasteiger partial charge in [0.1, 0.15) is 23.0 Å². The molecule has 0 aromatic heterocycles. The molecule has 2 amide bonds. The van der Waals surface area contributed by atoms with E-state index < -0.39 is 104 Å². The van der Waals surface area contributed by atoms with Crippen LogP contribution < -0.4 is 9.47 Å². The Hall–Kier alpha value is -10.9. The van der Waals surface area contributed by atoms with Crippen LogP contribution in [0.25, 0.3) is 0 Å². The molecule has 0 saturated carbocycles. The van der Waals surface area contributed by atoms with Crippen molar-refractivity contribution < 1.29 is 78.5 Å². The second kappa shape index (κ2) is 25.7. The summed E-state index contributed by atoms with van der Waals surface area (Å²) in [6.07, 6.45) is 4.42. The fraction of sp³-hybridized carbons (Fsp3) is 0.152. The third-order valence-corrected chi connectivity index (χ3v) is 14.6. The number of hydrogen-bond donors (Lipinski definition) is 6. The van der Waals surface area contributed by atoms with Gasteiger partial charge in [0.25, 0.3) is 11.8 Å². The number of para-hydroxylation sites is 2. The highest BCUT2D eigenvalue weighted by atomic mass is 16.5. The number of carbonyl (C=O) groups is 8. The Morgan fingerprint density at radius 3 is 0.988 bits per heavy atom. The number of benzene rings is 8. The van der Waals surface area contributed by atoms with Gasteiger partial charge in [-0.15, -0.1) is 0 Å². The van der Waals surface area contributed by atoms with Crippen molar-refractivity contribution in [1.82, 2.24) is 9.80 Å². The SMILES string of the molecule is O=C(O)c1cc(C(=O)O)c(C(=O)N(Cc2cccc(Oc3ccccc3)c2)[C@H]2CCCc3ccccc32)cc1C(=O)O.O=C(O)c1cc(C(=O)O)c(C(=O)N(Cc2cccc(Oc3ccccc3)c2)[C@H]2CCCc3ccccc32)cc1C(=O)O. The zero-order valence-electron chi connectivity index (χ0n) is 44.8. The average molecular weight is 1130 g/mol. The first-order valence-corrected chi connectivity index (χ1v) is 26.6. The zero-order chi connectivity index (χ0) is 59.6. The smallest absolute Gasteiger partial charge is 0.336 e. The average Bonchev–Trinajstić information content (AvgIpc) is 3.44. The minimum Gasteiger partial charge on any atom is -0.478 e. The summed E-state index contributed by atoms with van der Waals surface area (Å²) in [6, 6.07) is 50.5. The van der Waals surface area contributed by atoms with E-state index in [4.69, 9.17) is 9.47 Å². The number of ether oxygens (including phenoxy) is 2. The normalized spacial score (nSPS) is 14.0. The first-order chi connectivity index (χ1) is 40.4. The van der Waals surface area contributed by atoms with E-state index in [1.807, 2.05) is 121 Å². The highest BCUT2D eigenvalue weighted by Crippen LogP contribution is 2.39. The fourth-order valence-electron chi connectivity index (χ4n) is 10.7. The molecule has 8 aromatic carbocycles. The van der Waals surface area contributed by atoms with Crippen molar-refractivity contribution in [3.63, 3.8) is 0 Å². The van der Waals surface area contributed by atoms with Gasteiger partial charge in [0, 0.05) is 13.1 Å². The summed E-state index contributed by atoms with van der Waals surface area (Å²) in [5.74, 6) is -8.56. The molecule has 18 heteroatoms. The number of carboxylic acid groups (broad SMARTS) is 6. The number of rotatable bonds is 18. The molecule has 2 atom stereocenters. The van der Waals surface area contributed by atoms with Crippen molar-refractivity contribution in [2.45, 2.75) is 63.7 Å². The van der Waals surface area contributed by atoms with E-state index in [-0.39, 0.29) is 13.1 Å². The van der Waals surface area contributed by atoms with E-state index in [2.05, 4.69) is 0 Å². The van der Waals surface area contributed by atoms with E-state index in [0.717, 1.165) is 72.2 Å². The topological polar surface area (TPSA) is 283 Å². The fourth-order valence-corrected chi connectivity index (χ4v) is 10.7. The summed E-state index contributed by atoms with van der Waals surface area (Å²) in [6.45, 7) is 0.123. The summed E-state index contributed by atoms with van der Waals surface area (Å²) >= 11 is 0. The highest BCUT2D eigenvalue weighted by molar-refractivity contribution is 6.12. The van der Waals surface area contributed by atoms with Gasteiger partial charge in [0.15, 0.2) is 0 Å². The molecule has 0 aliphatic heterocycles. The number of aromatic carboxylic acids is 6. The van der Waals surface area contributed by atoms with Crippen LogP contribution in [0, 0.1) is 0 Å². The Morgan fingerprint density at radius 1 is 0.345 bits per heavy atom. The molecule has 10 rings (SSSR count). The van der Waals surface area contributed by atoms with E-state index >= 15 is 0 Å². The Kier molecular flexibility index (Phi) is 17.7. The number of carbonyl (C=O) groups excluding carboxylic acids is 2. The van der Waals surface area contributed by atoms with Crippen LogP contribution in [-0.4, -0.2) is 88.1 Å². The number of hydrogen-bond acceptors (Lipinski definition) is 10. The summed E-state index contributed by atoms with van der Waals surface area (Å²) in [4.78, 5) is 104. The van der Waals surface area contributed by atoms with Crippen LogP contribution in [0.2, 0.25) is 0 Å². The number of nitrogens with zero attached hydrogens (tertiary/aromatic N) is 2. The van der Waals surface area contributed by atoms with Crippen LogP contribution in [0.15, 0.2) is 182 Å². The lowest BCUT2D eigenvalue weighted by atomic mass is 9.86. The molecule has 6 N–H and O–H groups in total. The van der Waals surface area contributed by atoms with E-state index in [1.165, 1.54) is 9.80 Å². The van der Waals surface area contributed by atoms with Gasteiger partial charge in [-0.2, -0.15) is 0 Å². The van der Waals surface area contributed by atoms with E-state index in [9.17, 15) is 69.0 Å². The quantitative estimate of drug-likeness (QED) is 0.0466. The molecule has 2 aliphatic carbocycles. The van der Waals surface area contributed by atoms with Crippen LogP contribution in [0.4, 0.5) is 0 Å². The maximum atomic E-state index is 14.3. The molecule has 424 valence electrons. The Labute approximate surface area is 480 Å². The molecule has 84 heavy (non-hydrogen) atoms. The second-order valence-corrected chi connectivity index (χ2v) is 19.9. The monoisotopic (exact) mass is 1130 g/mol. The molecule has 18 nitrogen and oxygen atoms in total. The molecule has 0 fully saturated rings. The second-order valence-electron chi connectivity index (χ2n) is 19.9. The van der Waals surface area contributed by atoms with Crippen LogP contribution >= 0.6 is 0 Å². The number of aryl methyl sites for hydroxylation is 2. The molecule has 2 aliphatic rings. The number of carboxylic acids is 6. The first kappa shape index (κ1) is 57.8. The molecular weight excluding hydrogens is 1080 g/mol. The minimum atomic E-state index is -1.61. The Bertz CT molecular complexity index is 3610. The summed E-state index contributed by atoms with van der Waals surface area (Å²) in [5, 5.41) is 58.4. The summed E-state index contributed by atoms with van der Waals surface area (Å²) in [5.41, 5.74) is 0.666. The molecule has 0 bridgehead atoms. The lowest BCUT2D eigenvalue weighted by Gasteiger charge is -2.36. The van der Waals surface area contributed by atoms with Crippen LogP contribution in [-0.2, 0) is 25.9 Å². The predicted molar refractivity (Wildman–Crippen MR) is 305 cm³/mol. The van der Waals surface area contributed by atoms with Gasteiger partial charge < -0.3 is 49.9 Å². The van der Waals surface area contributed by atoms with Crippen molar-refractivity contribution in [2.75, 3.05) is 0 Å². The Morgan fingerprint density at radius 2 is 0.643 bits per heavy atom. The third-order valence-electron chi connectivity index (χ3n) is 14.6. The van der Waals surface area contributed by atoms with Crippen LogP contribution in [0.5, 0.6) is 23.0 Å². The van der Waals surface area contributed by atoms with Crippen molar-refractivity contribution in [1.29, 1.82) is 0 Å². The molecule has 0 unspecified atom stereocenters. The molecule has 0 spiro atoms. The Balaban J connectivity index is 0.000000202. The van der Waals surface area contributed by atoms with Gasteiger partial charge in [-0.3, -0.25) is 9.59 Å². The van der Waals surface area contributed by atoms with Crippen molar-refractivity contribution in [3.8, 4) is 23.0 Å². The molecule has 0 radical (unpaired) electrons. The van der Waals surface area contributed by atoms with Gasteiger partial charge in [0.05, 0.1) is 56.6 Å². The lowest BCUT2D eigenvalue weighted by Crippen LogP contribution is -2.37. The van der Waals surface area contributed by atoms with E-state index in [0.29, 0.717) is 47.0 Å². The molecule has 0 heterocycles. The van der Waals surface area contributed by atoms with E-state index in [1.54, 1.807) is 36.4 Å². The maximum absolute atomic E-state index is 14.3. The van der Waals surface area contributed by atoms with Gasteiger partial charge >= 0.3 is 35.8 Å². The predicted octanol–water partition coefficient (Wildman–Crippen LogP) is 12.6. The minimum absolute atomic E-state index is 0.0615. The van der Waals surface area contributed by atoms with Crippen molar-refractivity contribution in [3.05, 3.63) is 260 Å². The largest absolute Gasteiger partial charge is 0.478 e. The standard InChI is InChI=1S/2C33H27NO8/c2*35-30(25-17-27(32(38)39)28(33(40)41)18-26(25)31(36)37)34(29-15-7-10-21-9-4-5-14-24(21)29)19-20-8-6-13-23(16-20)42-22-11-2-1-3-12-22/h2*1-6,8-9,11-14,16-18,29H,7,10,15,19H2,(H,36,37)(H,38,39)(H,40,41)/t2*29-/m00/s1. The van der Waals surface area contributed by atoms with Crippen molar-refractivity contribution >= 4 is 47.6 Å². The highest BCUT2D eigenvalue weighted by Gasteiger charge is 2.36. The summed E-state index contributed by atoms with van der Waals surface area (Å²) in [7, 11) is 0. The van der Waals surface area contributed by atoms with Gasteiger partial charge in [-0.1, -0.05) is 109 Å². The third kappa shape index (κ3) is 13.1. The van der Waals surface area contributed by atoms with Crippen LogP contribution in [0.3, 0.4) is 0 Å². The first-order valence-electron chi connectivity index (χ1n) is 26.6. The maximum Gasteiger partial charge on any atom is 0.336 e. The molecule has 8 aromatic rings. The van der Waals surface area contributed by atoms with Gasteiger partial charge in [-0.05, 0) is 145 Å². The lowest BCUT2D eigenvalue weighted by molar-refractivity contribution is 0.0610. The zero-order valence-corrected chi connectivity index (χ0v) is 44.8. The van der Waals surface area contributed by atoms with Gasteiger partial charge in [-0.25, -0.2) is 28.8 Å². The van der Waals surface area contributed by atoms with Crippen LogP contribution in [0.1, 0.15) is 154 Å². The number of amides is 2. The van der Waals surface area contributed by atoms with Crippen molar-refractivity contribution in [2.24, 2.45) is 0 Å². The number of fused-ring (bicyclic) bond motifs is 2. The molecular formula is C66H54N2O16. The summed E-state index contributed by atoms with van der Waals surface area (Å²) < 4.78 is 11.9. The van der Waals surface area contributed by atoms with Gasteiger partial charge in [0.2, 0.25) is 0 Å².